The van der Waals surface area contributed by atoms with E-state index in [4.69, 9.17) is 15.8 Å². The summed E-state index contributed by atoms with van der Waals surface area (Å²) >= 11 is 0. The molecule has 8 heteroatoms. The lowest BCUT2D eigenvalue weighted by molar-refractivity contribution is 0.405. The highest BCUT2D eigenvalue weighted by atomic mass is 19.1. The third kappa shape index (κ3) is 5.26. The van der Waals surface area contributed by atoms with Crippen LogP contribution < -0.4 is 4.74 Å². The Hall–Kier alpha value is -4.77. The van der Waals surface area contributed by atoms with E-state index >= 15 is 0 Å². The summed E-state index contributed by atoms with van der Waals surface area (Å²) in [7, 11) is 1.47. The molecule has 0 saturated heterocycles. The zero-order valence-corrected chi connectivity index (χ0v) is 20.8. The van der Waals surface area contributed by atoms with Gasteiger partial charge < -0.3 is 4.74 Å². The Morgan fingerprint density at radius 2 is 1.27 bits per heavy atom. The maximum atomic E-state index is 15.0. The average Bonchev–Trinajstić information content (AvgIpc) is 2.91. The van der Waals surface area contributed by atoms with Crippen LogP contribution >= 0.6 is 0 Å². The summed E-state index contributed by atoms with van der Waals surface area (Å²) in [6, 6.07) is 23.4. The van der Waals surface area contributed by atoms with Gasteiger partial charge in [-0.2, -0.15) is 0 Å². The maximum Gasteiger partial charge on any atom is 0.130 e. The van der Waals surface area contributed by atoms with Gasteiger partial charge in [0.15, 0.2) is 0 Å². The molecule has 0 unspecified atom stereocenters. The Morgan fingerprint density at radius 1 is 0.730 bits per heavy atom. The molecule has 184 valence electrons. The van der Waals surface area contributed by atoms with Gasteiger partial charge in [0.25, 0.3) is 0 Å². The number of ether oxygens (including phenoxy) is 1. The minimum absolute atomic E-state index is 0.122. The predicted octanol–water partition coefficient (Wildman–Crippen LogP) is 9.07. The maximum absolute atomic E-state index is 15.0. The van der Waals surface area contributed by atoms with Crippen LogP contribution in [0.4, 0.5) is 4.39 Å². The van der Waals surface area contributed by atoms with E-state index in [-0.39, 0.29) is 12.1 Å². The van der Waals surface area contributed by atoms with Gasteiger partial charge >= 0.3 is 0 Å². The van der Waals surface area contributed by atoms with Gasteiger partial charge in [-0.15, -0.1) is 0 Å². The molecule has 0 amide bonds. The number of halogens is 1. The monoisotopic (exact) mass is 492 g/mol. The topological polar surface area (TPSA) is 107 Å². The van der Waals surface area contributed by atoms with Crippen molar-refractivity contribution in [2.24, 2.45) is 10.2 Å². The van der Waals surface area contributed by atoms with E-state index < -0.39 is 5.82 Å². The quantitative estimate of drug-likeness (QED) is 0.136. The van der Waals surface area contributed by atoms with Crippen LogP contribution in [0, 0.1) is 19.7 Å². The number of azide groups is 2. The smallest absolute Gasteiger partial charge is 0.130 e. The van der Waals surface area contributed by atoms with Gasteiger partial charge in [-0.25, -0.2) is 4.39 Å². The minimum Gasteiger partial charge on any atom is -0.496 e. The van der Waals surface area contributed by atoms with Gasteiger partial charge in [0.2, 0.25) is 0 Å². The molecular formula is C29H25FN6O. The van der Waals surface area contributed by atoms with Crippen LogP contribution in [0.15, 0.2) is 83.0 Å². The molecule has 0 aromatic heterocycles. The van der Waals surface area contributed by atoms with E-state index in [1.807, 2.05) is 49.4 Å². The second kappa shape index (κ2) is 11.3. The lowest BCUT2D eigenvalue weighted by atomic mass is 9.87. The second-order valence-corrected chi connectivity index (χ2v) is 8.57. The first-order valence-electron chi connectivity index (χ1n) is 11.7. The van der Waals surface area contributed by atoms with Crippen LogP contribution in [0.25, 0.3) is 54.3 Å². The molecule has 4 aromatic carbocycles. The third-order valence-electron chi connectivity index (χ3n) is 6.52. The molecule has 0 aliphatic heterocycles. The van der Waals surface area contributed by atoms with Crippen molar-refractivity contribution < 1.29 is 9.13 Å². The summed E-state index contributed by atoms with van der Waals surface area (Å²) in [5.41, 5.74) is 26.4. The van der Waals surface area contributed by atoms with Crippen molar-refractivity contribution in [2.45, 2.75) is 26.9 Å². The molecule has 0 spiro atoms. The normalized spacial score (nSPS) is 10.4. The molecule has 0 saturated carbocycles. The highest BCUT2D eigenvalue weighted by Crippen LogP contribution is 2.38. The predicted molar refractivity (Wildman–Crippen MR) is 144 cm³/mol. The van der Waals surface area contributed by atoms with Crippen LogP contribution in [0.1, 0.15) is 22.3 Å². The number of methoxy groups -OCH3 is 1. The van der Waals surface area contributed by atoms with Crippen LogP contribution in [0.2, 0.25) is 0 Å². The Bertz CT molecular complexity index is 1550. The Balaban J connectivity index is 1.77. The van der Waals surface area contributed by atoms with Gasteiger partial charge in [0.05, 0.1) is 20.2 Å². The van der Waals surface area contributed by atoms with Crippen molar-refractivity contribution >= 4 is 0 Å². The largest absolute Gasteiger partial charge is 0.496 e. The molecular weight excluding hydrogens is 467 g/mol. The number of benzene rings is 4. The van der Waals surface area contributed by atoms with Crippen molar-refractivity contribution in [3.8, 4) is 39.1 Å². The van der Waals surface area contributed by atoms with Crippen molar-refractivity contribution in [2.75, 3.05) is 7.11 Å². The van der Waals surface area contributed by atoms with Gasteiger partial charge in [-0.3, -0.25) is 0 Å². The van der Waals surface area contributed by atoms with E-state index in [0.29, 0.717) is 17.9 Å². The molecule has 0 fully saturated rings. The first-order chi connectivity index (χ1) is 18.0. The van der Waals surface area contributed by atoms with Gasteiger partial charge in [-0.1, -0.05) is 70.9 Å². The van der Waals surface area contributed by atoms with Crippen LogP contribution in [0.5, 0.6) is 5.75 Å². The van der Waals surface area contributed by atoms with Gasteiger partial charge in [0, 0.05) is 15.4 Å². The summed E-state index contributed by atoms with van der Waals surface area (Å²) in [6.45, 7) is 4.32. The Morgan fingerprint density at radius 3 is 1.84 bits per heavy atom. The number of hydrogen-bond donors (Lipinski definition) is 0. The van der Waals surface area contributed by atoms with Crippen molar-refractivity contribution in [1.29, 1.82) is 0 Å². The van der Waals surface area contributed by atoms with Crippen molar-refractivity contribution in [1.82, 2.24) is 0 Å². The van der Waals surface area contributed by atoms with Crippen LogP contribution in [-0.2, 0) is 13.1 Å². The summed E-state index contributed by atoms with van der Waals surface area (Å²) in [5.74, 6) is -0.136. The Kier molecular flexibility index (Phi) is 7.74. The molecule has 0 atom stereocenters. The lowest BCUT2D eigenvalue weighted by Gasteiger charge is -2.17. The summed E-state index contributed by atoms with van der Waals surface area (Å²) < 4.78 is 20.4. The standard InChI is InChI=1S/C29H25FN6O/c1-18-23(21-12-10-20(11-13-21)16-33-35-31)6-4-8-25(18)26-9-5-7-24(19(26)2)22-14-28(30)27(17-34-36-32)29(15-22)37-3/h4-15H,16-17H2,1-3H3. The molecule has 37 heavy (non-hydrogen) atoms. The fraction of sp³-hybridized carbons (Fsp3) is 0.172. The molecule has 4 aromatic rings. The first kappa shape index (κ1) is 25.3. The second-order valence-electron chi connectivity index (χ2n) is 8.57. The number of hydrogen-bond acceptors (Lipinski definition) is 3. The first-order valence-corrected chi connectivity index (χ1v) is 11.7. The summed E-state index contributed by atoms with van der Waals surface area (Å²) in [4.78, 5) is 5.54. The zero-order chi connectivity index (χ0) is 26.4. The van der Waals surface area contributed by atoms with Crippen LogP contribution in [0.3, 0.4) is 0 Å². The summed E-state index contributed by atoms with van der Waals surface area (Å²) in [6.07, 6.45) is 0. The molecule has 0 aliphatic carbocycles. The highest BCUT2D eigenvalue weighted by Gasteiger charge is 2.16. The van der Waals surface area contributed by atoms with E-state index in [2.05, 4.69) is 45.2 Å². The van der Waals surface area contributed by atoms with Gasteiger partial charge in [0.1, 0.15) is 11.6 Å². The SMILES string of the molecule is COc1cc(-c2cccc(-c3cccc(-c4ccc(CN=[N+]=[N-])cc4)c3C)c2C)cc(F)c1CN=[N+]=[N-]. The van der Waals surface area contributed by atoms with Crippen molar-refractivity contribution in [3.05, 3.63) is 122 Å². The molecule has 0 N–H and O–H groups in total. The van der Waals surface area contributed by atoms with E-state index in [1.165, 1.54) is 13.2 Å². The molecule has 0 heterocycles. The fourth-order valence-electron chi connectivity index (χ4n) is 4.59. The number of nitrogens with zero attached hydrogens (tertiary/aromatic N) is 6. The summed E-state index contributed by atoms with van der Waals surface area (Å²) in [5, 5.41) is 7.11. The Labute approximate surface area is 214 Å². The number of rotatable bonds is 8. The minimum atomic E-state index is -0.478. The van der Waals surface area contributed by atoms with Crippen LogP contribution in [-0.4, -0.2) is 7.11 Å². The molecule has 0 bridgehead atoms. The molecule has 4 rings (SSSR count). The van der Waals surface area contributed by atoms with E-state index in [9.17, 15) is 4.39 Å². The highest BCUT2D eigenvalue weighted by molar-refractivity contribution is 5.84. The molecule has 0 aliphatic rings. The fourth-order valence-corrected chi connectivity index (χ4v) is 4.59. The van der Waals surface area contributed by atoms with E-state index in [1.54, 1.807) is 6.07 Å². The molecule has 0 radical (unpaired) electrons. The average molecular weight is 493 g/mol. The zero-order valence-electron chi connectivity index (χ0n) is 20.8. The third-order valence-corrected chi connectivity index (χ3v) is 6.52. The van der Waals surface area contributed by atoms with Gasteiger partial charge in [-0.05, 0) is 87.1 Å². The lowest BCUT2D eigenvalue weighted by Crippen LogP contribution is -1.98. The van der Waals surface area contributed by atoms with Crippen molar-refractivity contribution in [3.63, 3.8) is 0 Å². The van der Waals surface area contributed by atoms with E-state index in [0.717, 1.165) is 44.5 Å². The molecule has 7 nitrogen and oxygen atoms in total.